The molecule has 1 aliphatic heterocycles. The molecule has 2 amide bonds. The molecule has 138 valence electrons. The zero-order valence-corrected chi connectivity index (χ0v) is 15.8. The first-order valence-electron chi connectivity index (χ1n) is 8.64. The zero-order valence-electron chi connectivity index (χ0n) is 15.0. The molecule has 1 N–H and O–H groups in total. The van der Waals surface area contributed by atoms with Crippen molar-refractivity contribution in [2.75, 3.05) is 25.1 Å². The number of amides is 2. The quantitative estimate of drug-likeness (QED) is 0.805. The summed E-state index contributed by atoms with van der Waals surface area (Å²) in [6, 6.07) is 11.2. The van der Waals surface area contributed by atoms with Crippen molar-refractivity contribution in [3.63, 3.8) is 0 Å². The standard InChI is InChI=1S/C19H23N3O3S/c1-13(23)20-17(9-10-26-2)19(24)22-11-15(12-22)25-18-8-7-14-5-3-4-6-16(14)21-18/h3-8,15,17H,9-12H2,1-2H3,(H,20,23). The van der Waals surface area contributed by atoms with Crippen LogP contribution in [0.15, 0.2) is 36.4 Å². The van der Waals surface area contributed by atoms with Crippen molar-refractivity contribution in [1.29, 1.82) is 0 Å². The van der Waals surface area contributed by atoms with Crippen LogP contribution in [0, 0.1) is 0 Å². The van der Waals surface area contributed by atoms with Gasteiger partial charge in [0.25, 0.3) is 0 Å². The van der Waals surface area contributed by atoms with Gasteiger partial charge in [0.05, 0.1) is 18.6 Å². The van der Waals surface area contributed by atoms with Gasteiger partial charge >= 0.3 is 0 Å². The van der Waals surface area contributed by atoms with E-state index in [1.807, 2.05) is 42.7 Å². The number of nitrogens with one attached hydrogen (secondary N) is 1. The van der Waals surface area contributed by atoms with Gasteiger partial charge in [-0.05, 0) is 30.6 Å². The average Bonchev–Trinajstić information content (AvgIpc) is 2.60. The molecule has 2 heterocycles. The van der Waals surface area contributed by atoms with Gasteiger partial charge in [0.1, 0.15) is 12.1 Å². The number of aromatic nitrogens is 1. The van der Waals surface area contributed by atoms with Crippen LogP contribution in [0.1, 0.15) is 13.3 Å². The van der Waals surface area contributed by atoms with Gasteiger partial charge in [-0.2, -0.15) is 11.8 Å². The number of benzene rings is 1. The summed E-state index contributed by atoms with van der Waals surface area (Å²) in [5.41, 5.74) is 0.889. The van der Waals surface area contributed by atoms with Crippen LogP contribution in [0.5, 0.6) is 5.88 Å². The van der Waals surface area contributed by atoms with Gasteiger partial charge in [0, 0.05) is 18.4 Å². The molecule has 0 radical (unpaired) electrons. The molecule has 1 atom stereocenters. The highest BCUT2D eigenvalue weighted by molar-refractivity contribution is 7.98. The van der Waals surface area contributed by atoms with Crippen LogP contribution in [0.2, 0.25) is 0 Å². The summed E-state index contributed by atoms with van der Waals surface area (Å²) in [5.74, 6) is 1.17. The minimum atomic E-state index is -0.459. The van der Waals surface area contributed by atoms with Crippen LogP contribution < -0.4 is 10.1 Å². The molecule has 6 nitrogen and oxygen atoms in total. The molecule has 1 unspecified atom stereocenters. The van der Waals surface area contributed by atoms with E-state index in [-0.39, 0.29) is 17.9 Å². The van der Waals surface area contributed by atoms with Crippen LogP contribution in [0.25, 0.3) is 10.9 Å². The van der Waals surface area contributed by atoms with Crippen molar-refractivity contribution >= 4 is 34.5 Å². The summed E-state index contributed by atoms with van der Waals surface area (Å²) in [6.45, 7) is 2.47. The number of rotatable bonds is 7. The number of thioether (sulfide) groups is 1. The maximum Gasteiger partial charge on any atom is 0.245 e. The zero-order chi connectivity index (χ0) is 18.5. The monoisotopic (exact) mass is 373 g/mol. The van der Waals surface area contributed by atoms with Gasteiger partial charge in [0.15, 0.2) is 0 Å². The molecule has 26 heavy (non-hydrogen) atoms. The number of nitrogens with zero attached hydrogens (tertiary/aromatic N) is 2. The van der Waals surface area contributed by atoms with Gasteiger partial charge < -0.3 is 15.0 Å². The van der Waals surface area contributed by atoms with E-state index < -0.39 is 6.04 Å². The van der Waals surface area contributed by atoms with E-state index >= 15 is 0 Å². The number of pyridine rings is 1. The molecular formula is C19H23N3O3S. The molecule has 1 aromatic carbocycles. The van der Waals surface area contributed by atoms with Crippen molar-refractivity contribution in [3.05, 3.63) is 36.4 Å². The fourth-order valence-corrected chi connectivity index (χ4v) is 3.41. The second kappa shape index (κ2) is 8.40. The first kappa shape index (κ1) is 18.5. The van der Waals surface area contributed by atoms with Gasteiger partial charge in [-0.25, -0.2) is 4.98 Å². The van der Waals surface area contributed by atoms with Gasteiger partial charge in [-0.1, -0.05) is 18.2 Å². The SMILES string of the molecule is CSCCC(NC(C)=O)C(=O)N1CC(Oc2ccc3ccccc3n2)C1. The van der Waals surface area contributed by atoms with E-state index in [0.29, 0.717) is 25.4 Å². The molecule has 7 heteroatoms. The number of para-hydroxylation sites is 1. The Bertz CT molecular complexity index is 792. The third-order valence-corrected chi connectivity index (χ3v) is 4.95. The maximum absolute atomic E-state index is 12.6. The lowest BCUT2D eigenvalue weighted by Crippen LogP contribution is -2.61. The summed E-state index contributed by atoms with van der Waals surface area (Å²) in [5, 5.41) is 3.82. The molecule has 0 spiro atoms. The second-order valence-corrected chi connectivity index (χ2v) is 7.35. The van der Waals surface area contributed by atoms with Crippen molar-refractivity contribution in [2.45, 2.75) is 25.5 Å². The summed E-state index contributed by atoms with van der Waals surface area (Å²) in [4.78, 5) is 30.1. The van der Waals surface area contributed by atoms with Crippen molar-refractivity contribution in [1.82, 2.24) is 15.2 Å². The van der Waals surface area contributed by atoms with E-state index in [0.717, 1.165) is 16.7 Å². The normalized spacial score (nSPS) is 15.4. The molecule has 1 fully saturated rings. The number of fused-ring (bicyclic) bond motifs is 1. The summed E-state index contributed by atoms with van der Waals surface area (Å²) in [7, 11) is 0. The molecule has 0 bridgehead atoms. The van der Waals surface area contributed by atoms with Crippen molar-refractivity contribution < 1.29 is 14.3 Å². The van der Waals surface area contributed by atoms with E-state index in [1.165, 1.54) is 6.92 Å². The molecule has 3 rings (SSSR count). The number of carbonyl (C=O) groups excluding carboxylic acids is 2. The minimum absolute atomic E-state index is 0.0411. The Morgan fingerprint density at radius 1 is 1.31 bits per heavy atom. The number of ether oxygens (including phenoxy) is 1. The Balaban J connectivity index is 1.54. The minimum Gasteiger partial charge on any atom is -0.471 e. The topological polar surface area (TPSA) is 71.5 Å². The number of carbonyl (C=O) groups is 2. The van der Waals surface area contributed by atoms with Crippen LogP contribution in [0.3, 0.4) is 0 Å². The highest BCUT2D eigenvalue weighted by Gasteiger charge is 2.36. The molecule has 1 aromatic heterocycles. The Kier molecular flexibility index (Phi) is 5.98. The third-order valence-electron chi connectivity index (χ3n) is 4.31. The predicted molar refractivity (Wildman–Crippen MR) is 103 cm³/mol. The smallest absolute Gasteiger partial charge is 0.245 e. The highest BCUT2D eigenvalue weighted by atomic mass is 32.2. The van der Waals surface area contributed by atoms with E-state index in [9.17, 15) is 9.59 Å². The van der Waals surface area contributed by atoms with Crippen molar-refractivity contribution in [3.8, 4) is 5.88 Å². The molecule has 0 saturated carbocycles. The molecule has 1 aliphatic rings. The van der Waals surface area contributed by atoms with E-state index in [4.69, 9.17) is 4.74 Å². The lowest BCUT2D eigenvalue weighted by Gasteiger charge is -2.40. The molecule has 2 aromatic rings. The lowest BCUT2D eigenvalue weighted by molar-refractivity contribution is -0.144. The largest absolute Gasteiger partial charge is 0.471 e. The summed E-state index contributed by atoms with van der Waals surface area (Å²) in [6.07, 6.45) is 2.55. The summed E-state index contributed by atoms with van der Waals surface area (Å²) < 4.78 is 5.88. The molecular weight excluding hydrogens is 350 g/mol. The first-order valence-corrected chi connectivity index (χ1v) is 10.0. The van der Waals surface area contributed by atoms with Gasteiger partial charge in [-0.3, -0.25) is 9.59 Å². The van der Waals surface area contributed by atoms with E-state index in [2.05, 4.69) is 10.3 Å². The molecule has 1 saturated heterocycles. The average molecular weight is 373 g/mol. The molecule has 0 aliphatic carbocycles. The fraction of sp³-hybridized carbons (Fsp3) is 0.421. The maximum atomic E-state index is 12.6. The Hall–Kier alpha value is -2.28. The number of likely N-dealkylation sites (tertiary alicyclic amines) is 1. The Labute approximate surface area is 157 Å². The van der Waals surface area contributed by atoms with E-state index in [1.54, 1.807) is 16.7 Å². The second-order valence-electron chi connectivity index (χ2n) is 6.36. The van der Waals surface area contributed by atoms with Crippen molar-refractivity contribution in [2.24, 2.45) is 0 Å². The van der Waals surface area contributed by atoms with Crippen LogP contribution >= 0.6 is 11.8 Å². The van der Waals surface area contributed by atoms with Crippen LogP contribution in [0.4, 0.5) is 0 Å². The van der Waals surface area contributed by atoms with Crippen LogP contribution in [-0.2, 0) is 9.59 Å². The Morgan fingerprint density at radius 2 is 2.08 bits per heavy atom. The lowest BCUT2D eigenvalue weighted by atomic mass is 10.1. The van der Waals surface area contributed by atoms with Gasteiger partial charge in [-0.15, -0.1) is 0 Å². The van der Waals surface area contributed by atoms with Gasteiger partial charge in [0.2, 0.25) is 17.7 Å². The first-order chi connectivity index (χ1) is 12.6. The summed E-state index contributed by atoms with van der Waals surface area (Å²) >= 11 is 1.66. The van der Waals surface area contributed by atoms with Crippen LogP contribution in [-0.4, -0.2) is 58.9 Å². The Morgan fingerprint density at radius 3 is 2.81 bits per heavy atom. The predicted octanol–water partition coefficient (Wildman–Crippen LogP) is 2.08. The highest BCUT2D eigenvalue weighted by Crippen LogP contribution is 2.21. The number of hydrogen-bond donors (Lipinski definition) is 1. The fourth-order valence-electron chi connectivity index (χ4n) is 2.94. The third kappa shape index (κ3) is 4.46. The number of hydrogen-bond acceptors (Lipinski definition) is 5.